The van der Waals surface area contributed by atoms with Crippen molar-refractivity contribution in [2.75, 3.05) is 6.54 Å². The molecule has 0 unspecified atom stereocenters. The highest BCUT2D eigenvalue weighted by atomic mass is 35.5. The van der Waals surface area contributed by atoms with E-state index in [0.29, 0.717) is 6.42 Å². The first-order valence-electron chi connectivity index (χ1n) is 5.91. The molecular weight excluding hydrogens is 234 g/mol. The predicted octanol–water partition coefficient (Wildman–Crippen LogP) is 3.28. The Morgan fingerprint density at radius 3 is 2.65 bits per heavy atom. The molecule has 0 saturated heterocycles. The van der Waals surface area contributed by atoms with Crippen LogP contribution in [0.4, 0.5) is 0 Å². The molecule has 90 valence electrons. The van der Waals surface area contributed by atoms with Gasteiger partial charge in [-0.1, -0.05) is 23.7 Å². The summed E-state index contributed by atoms with van der Waals surface area (Å²) >= 11 is 5.87. The molecule has 2 nitrogen and oxygen atoms in total. The molecule has 0 aromatic heterocycles. The van der Waals surface area contributed by atoms with Crippen LogP contribution in [0.15, 0.2) is 36.0 Å². The molecule has 0 fully saturated rings. The lowest BCUT2D eigenvalue weighted by atomic mass is 9.85. The van der Waals surface area contributed by atoms with Gasteiger partial charge in [-0.15, -0.1) is 0 Å². The van der Waals surface area contributed by atoms with Crippen molar-refractivity contribution < 1.29 is 4.79 Å². The van der Waals surface area contributed by atoms with Crippen LogP contribution in [0.2, 0.25) is 5.02 Å². The average Bonchev–Trinajstić information content (AvgIpc) is 2.29. The lowest BCUT2D eigenvalue weighted by Crippen LogP contribution is -2.21. The van der Waals surface area contributed by atoms with Gasteiger partial charge in [0.2, 0.25) is 0 Å². The fraction of sp³-hybridized carbons (Fsp3) is 0.357. The number of rotatable bonds is 3. The van der Waals surface area contributed by atoms with E-state index in [2.05, 4.69) is 5.32 Å². The number of carbonyl (C=O) groups is 1. The first-order valence-corrected chi connectivity index (χ1v) is 6.29. The van der Waals surface area contributed by atoms with Crippen molar-refractivity contribution in [2.45, 2.75) is 25.7 Å². The van der Waals surface area contributed by atoms with E-state index < -0.39 is 0 Å². The molecule has 1 atom stereocenters. The summed E-state index contributed by atoms with van der Waals surface area (Å²) in [4.78, 5) is 11.7. The smallest absolute Gasteiger partial charge is 0.158 e. The van der Waals surface area contributed by atoms with Gasteiger partial charge in [0.15, 0.2) is 5.78 Å². The quantitative estimate of drug-likeness (QED) is 0.891. The summed E-state index contributed by atoms with van der Waals surface area (Å²) in [6.45, 7) is 2.89. The van der Waals surface area contributed by atoms with E-state index in [1.54, 1.807) is 6.08 Å². The number of halogens is 1. The molecule has 1 aliphatic carbocycles. The Morgan fingerprint density at radius 1 is 1.29 bits per heavy atom. The Kier molecular flexibility index (Phi) is 3.85. The van der Waals surface area contributed by atoms with Crippen LogP contribution < -0.4 is 5.32 Å². The summed E-state index contributed by atoms with van der Waals surface area (Å²) in [6, 6.07) is 7.78. The Bertz CT molecular complexity index is 436. The van der Waals surface area contributed by atoms with Crippen LogP contribution in [0.3, 0.4) is 0 Å². The van der Waals surface area contributed by atoms with Crippen LogP contribution >= 0.6 is 11.6 Å². The summed E-state index contributed by atoms with van der Waals surface area (Å²) in [5, 5.41) is 3.97. The standard InChI is InChI=1S/C14H16ClNO/c1-2-16-13-7-11(8-14(17)9-13)10-3-5-12(15)6-4-10/h3-6,9,11,16H,2,7-8H2,1H3/t11-/m1/s1. The van der Waals surface area contributed by atoms with Gasteiger partial charge in [-0.05, 0) is 37.0 Å². The average molecular weight is 250 g/mol. The summed E-state index contributed by atoms with van der Waals surface area (Å²) < 4.78 is 0. The highest BCUT2D eigenvalue weighted by molar-refractivity contribution is 6.30. The summed E-state index contributed by atoms with van der Waals surface area (Å²) in [5.41, 5.74) is 2.23. The second-order valence-corrected chi connectivity index (χ2v) is 4.76. The molecule has 0 aliphatic heterocycles. The van der Waals surface area contributed by atoms with E-state index in [1.165, 1.54) is 5.56 Å². The topological polar surface area (TPSA) is 29.1 Å². The van der Waals surface area contributed by atoms with Crippen LogP contribution in [0, 0.1) is 0 Å². The predicted molar refractivity (Wildman–Crippen MR) is 70.2 cm³/mol. The molecule has 0 bridgehead atoms. The van der Waals surface area contributed by atoms with Crippen molar-refractivity contribution in [2.24, 2.45) is 0 Å². The van der Waals surface area contributed by atoms with Gasteiger partial charge < -0.3 is 5.32 Å². The molecule has 0 radical (unpaired) electrons. The normalized spacial score (nSPS) is 20.0. The van der Waals surface area contributed by atoms with Gasteiger partial charge in [-0.25, -0.2) is 0 Å². The number of carbonyl (C=O) groups excluding carboxylic acids is 1. The van der Waals surface area contributed by atoms with Crippen molar-refractivity contribution in [3.05, 3.63) is 46.6 Å². The number of hydrogen-bond donors (Lipinski definition) is 1. The molecule has 2 rings (SSSR count). The minimum absolute atomic E-state index is 0.201. The maximum atomic E-state index is 11.7. The van der Waals surface area contributed by atoms with E-state index in [-0.39, 0.29) is 11.7 Å². The van der Waals surface area contributed by atoms with Gasteiger partial charge in [0.1, 0.15) is 0 Å². The van der Waals surface area contributed by atoms with E-state index in [9.17, 15) is 4.79 Å². The summed E-state index contributed by atoms with van der Waals surface area (Å²) in [7, 11) is 0. The lowest BCUT2D eigenvalue weighted by Gasteiger charge is -2.23. The second kappa shape index (κ2) is 5.37. The van der Waals surface area contributed by atoms with Crippen LogP contribution in [0.25, 0.3) is 0 Å². The number of ketones is 1. The van der Waals surface area contributed by atoms with E-state index in [4.69, 9.17) is 11.6 Å². The van der Waals surface area contributed by atoms with Crippen LogP contribution in [-0.4, -0.2) is 12.3 Å². The maximum absolute atomic E-state index is 11.7. The molecule has 1 N–H and O–H groups in total. The Labute approximate surface area is 107 Å². The van der Waals surface area contributed by atoms with Crippen molar-refractivity contribution >= 4 is 17.4 Å². The highest BCUT2D eigenvalue weighted by Gasteiger charge is 2.21. The van der Waals surface area contributed by atoms with Crippen molar-refractivity contribution in [1.29, 1.82) is 0 Å². The molecule has 0 heterocycles. The molecule has 0 spiro atoms. The van der Waals surface area contributed by atoms with Crippen molar-refractivity contribution in [1.82, 2.24) is 5.32 Å². The Balaban J connectivity index is 2.15. The molecule has 0 saturated carbocycles. The first-order chi connectivity index (χ1) is 8.19. The van der Waals surface area contributed by atoms with Crippen molar-refractivity contribution in [3.8, 4) is 0 Å². The number of allylic oxidation sites excluding steroid dienone is 2. The van der Waals surface area contributed by atoms with Gasteiger partial charge in [0, 0.05) is 29.8 Å². The zero-order chi connectivity index (χ0) is 12.3. The molecular formula is C14H16ClNO. The third-order valence-corrected chi connectivity index (χ3v) is 3.25. The minimum Gasteiger partial charge on any atom is -0.389 e. The molecule has 1 aromatic carbocycles. The SMILES string of the molecule is CCNC1=CC(=O)C[C@H](c2ccc(Cl)cc2)C1. The maximum Gasteiger partial charge on any atom is 0.158 e. The zero-order valence-electron chi connectivity index (χ0n) is 9.87. The fourth-order valence-electron chi connectivity index (χ4n) is 2.21. The first kappa shape index (κ1) is 12.2. The summed E-state index contributed by atoms with van der Waals surface area (Å²) in [5.74, 6) is 0.478. The van der Waals surface area contributed by atoms with Crippen LogP contribution in [-0.2, 0) is 4.79 Å². The number of nitrogens with one attached hydrogen (secondary N) is 1. The molecule has 17 heavy (non-hydrogen) atoms. The number of hydrogen-bond acceptors (Lipinski definition) is 2. The molecule has 3 heteroatoms. The van der Waals surface area contributed by atoms with Gasteiger partial charge >= 0.3 is 0 Å². The van der Waals surface area contributed by atoms with E-state index >= 15 is 0 Å². The molecule has 1 aromatic rings. The molecule has 1 aliphatic rings. The minimum atomic E-state index is 0.201. The van der Waals surface area contributed by atoms with E-state index in [0.717, 1.165) is 23.7 Å². The van der Waals surface area contributed by atoms with Gasteiger partial charge in [0.25, 0.3) is 0 Å². The molecule has 0 amide bonds. The fourth-order valence-corrected chi connectivity index (χ4v) is 2.34. The van der Waals surface area contributed by atoms with E-state index in [1.807, 2.05) is 31.2 Å². The monoisotopic (exact) mass is 249 g/mol. The van der Waals surface area contributed by atoms with Gasteiger partial charge in [-0.2, -0.15) is 0 Å². The lowest BCUT2D eigenvalue weighted by molar-refractivity contribution is -0.115. The number of benzene rings is 1. The Hall–Kier alpha value is -1.28. The third kappa shape index (κ3) is 3.10. The van der Waals surface area contributed by atoms with Crippen LogP contribution in [0.5, 0.6) is 0 Å². The second-order valence-electron chi connectivity index (χ2n) is 4.32. The summed E-state index contributed by atoms with van der Waals surface area (Å²) in [6.07, 6.45) is 3.23. The highest BCUT2D eigenvalue weighted by Crippen LogP contribution is 2.30. The van der Waals surface area contributed by atoms with Gasteiger partial charge in [-0.3, -0.25) is 4.79 Å². The van der Waals surface area contributed by atoms with Crippen LogP contribution in [0.1, 0.15) is 31.2 Å². The van der Waals surface area contributed by atoms with Gasteiger partial charge in [0.05, 0.1) is 0 Å². The van der Waals surface area contributed by atoms with Crippen molar-refractivity contribution in [3.63, 3.8) is 0 Å². The third-order valence-electron chi connectivity index (χ3n) is 2.99. The largest absolute Gasteiger partial charge is 0.389 e. The zero-order valence-corrected chi connectivity index (χ0v) is 10.6. The Morgan fingerprint density at radius 2 is 2.00 bits per heavy atom.